The molecule has 1 saturated heterocycles. The zero-order chi connectivity index (χ0) is 24.5. The Labute approximate surface area is 203 Å². The molecule has 0 bridgehead atoms. The standard InChI is InChI=1S/C26H29FN6O2/c1-17-21(15-19-9-10-23(35-3)22(27)16-19)25(34)33-26(28-17)29-24(30-33)18(2)31-11-13-32(14-12-31)20-7-5-4-6-8-20/h4-10,16,18H,11-15H2,1-3H3,(H,28,29,30). The highest BCUT2D eigenvalue weighted by atomic mass is 19.1. The molecule has 1 fully saturated rings. The summed E-state index contributed by atoms with van der Waals surface area (Å²) < 4.78 is 20.5. The fourth-order valence-electron chi connectivity index (χ4n) is 4.66. The fourth-order valence-corrected chi connectivity index (χ4v) is 4.66. The Morgan fingerprint density at radius 1 is 1.09 bits per heavy atom. The highest BCUT2D eigenvalue weighted by molar-refractivity contribution is 5.46. The number of para-hydroxylation sites is 1. The van der Waals surface area contributed by atoms with E-state index in [1.165, 1.54) is 23.4 Å². The van der Waals surface area contributed by atoms with Crippen LogP contribution in [-0.2, 0) is 6.42 Å². The van der Waals surface area contributed by atoms with Gasteiger partial charge in [0.1, 0.15) is 5.82 Å². The van der Waals surface area contributed by atoms with E-state index >= 15 is 0 Å². The van der Waals surface area contributed by atoms with E-state index in [4.69, 9.17) is 4.74 Å². The lowest BCUT2D eigenvalue weighted by Gasteiger charge is -2.38. The summed E-state index contributed by atoms with van der Waals surface area (Å²) in [6.07, 6.45) is 0.271. The molecule has 5 rings (SSSR count). The topological polar surface area (TPSA) is 78.8 Å². The van der Waals surface area contributed by atoms with Crippen LogP contribution in [-0.4, -0.2) is 57.8 Å². The molecule has 8 nitrogen and oxygen atoms in total. The van der Waals surface area contributed by atoms with Gasteiger partial charge >= 0.3 is 0 Å². The Morgan fingerprint density at radius 3 is 2.51 bits per heavy atom. The quantitative estimate of drug-likeness (QED) is 0.460. The SMILES string of the molecule is COc1ccc(Cc2c(C)nc3nc(C(C)N4CCN(c5ccccc5)CC4)[nH]n3c2=O)cc1F. The van der Waals surface area contributed by atoms with E-state index in [1.807, 2.05) is 6.07 Å². The number of nitrogens with zero attached hydrogens (tertiary/aromatic N) is 5. The summed E-state index contributed by atoms with van der Waals surface area (Å²) in [6, 6.07) is 15.1. The highest BCUT2D eigenvalue weighted by Gasteiger charge is 2.25. The molecule has 1 aliphatic heterocycles. The first-order chi connectivity index (χ1) is 16.9. The number of piperazine rings is 1. The molecule has 3 heterocycles. The molecule has 0 spiro atoms. The molecule has 1 aliphatic rings. The van der Waals surface area contributed by atoms with Gasteiger partial charge in [0.25, 0.3) is 11.3 Å². The van der Waals surface area contributed by atoms with Gasteiger partial charge in [-0.3, -0.25) is 14.8 Å². The normalized spacial score (nSPS) is 15.5. The molecule has 0 saturated carbocycles. The van der Waals surface area contributed by atoms with E-state index in [0.717, 1.165) is 26.2 Å². The number of aromatic nitrogens is 4. The van der Waals surface area contributed by atoms with E-state index in [0.29, 0.717) is 28.4 Å². The van der Waals surface area contributed by atoms with Crippen molar-refractivity contribution < 1.29 is 9.13 Å². The molecule has 1 unspecified atom stereocenters. The van der Waals surface area contributed by atoms with Gasteiger partial charge in [-0.1, -0.05) is 24.3 Å². The van der Waals surface area contributed by atoms with Crippen molar-refractivity contribution in [2.24, 2.45) is 0 Å². The van der Waals surface area contributed by atoms with Crippen molar-refractivity contribution in [1.29, 1.82) is 0 Å². The summed E-state index contributed by atoms with van der Waals surface area (Å²) in [5, 5.41) is 3.17. The summed E-state index contributed by atoms with van der Waals surface area (Å²) in [7, 11) is 1.42. The monoisotopic (exact) mass is 476 g/mol. The Balaban J connectivity index is 1.35. The zero-order valence-electron chi connectivity index (χ0n) is 20.2. The van der Waals surface area contributed by atoms with Gasteiger partial charge in [0.05, 0.1) is 18.8 Å². The van der Waals surface area contributed by atoms with Crippen molar-refractivity contribution in [3.05, 3.63) is 87.3 Å². The number of H-pyrrole nitrogens is 1. The lowest BCUT2D eigenvalue weighted by atomic mass is 10.0. The smallest absolute Gasteiger partial charge is 0.277 e. The number of hydrogen-bond acceptors (Lipinski definition) is 6. The van der Waals surface area contributed by atoms with Gasteiger partial charge in [0, 0.05) is 43.9 Å². The predicted octanol–water partition coefficient (Wildman–Crippen LogP) is 3.35. The largest absolute Gasteiger partial charge is 0.494 e. The van der Waals surface area contributed by atoms with Crippen molar-refractivity contribution in [3.8, 4) is 5.75 Å². The van der Waals surface area contributed by atoms with E-state index in [1.54, 1.807) is 19.1 Å². The molecular weight excluding hydrogens is 447 g/mol. The summed E-state index contributed by atoms with van der Waals surface area (Å²) >= 11 is 0. The van der Waals surface area contributed by atoms with Gasteiger partial charge in [-0.2, -0.15) is 9.50 Å². The molecule has 1 atom stereocenters. The van der Waals surface area contributed by atoms with E-state index in [2.05, 4.69) is 56.1 Å². The second-order valence-corrected chi connectivity index (χ2v) is 8.91. The molecule has 1 N–H and O–H groups in total. The third-order valence-electron chi connectivity index (χ3n) is 6.79. The molecule has 4 aromatic rings. The first kappa shape index (κ1) is 23.0. The van der Waals surface area contributed by atoms with Crippen molar-refractivity contribution in [2.45, 2.75) is 26.3 Å². The Hall–Kier alpha value is -3.72. The number of halogens is 1. The first-order valence-corrected chi connectivity index (χ1v) is 11.8. The van der Waals surface area contributed by atoms with Crippen LogP contribution in [0.25, 0.3) is 5.78 Å². The second kappa shape index (κ2) is 9.50. The second-order valence-electron chi connectivity index (χ2n) is 8.91. The van der Waals surface area contributed by atoms with Crippen molar-refractivity contribution in [1.82, 2.24) is 24.5 Å². The maximum absolute atomic E-state index is 14.1. The van der Waals surface area contributed by atoms with Gasteiger partial charge in [-0.25, -0.2) is 9.37 Å². The minimum absolute atomic E-state index is 0.00784. The number of methoxy groups -OCH3 is 1. The van der Waals surface area contributed by atoms with Gasteiger partial charge in [0.15, 0.2) is 11.6 Å². The predicted molar refractivity (Wildman–Crippen MR) is 133 cm³/mol. The Morgan fingerprint density at radius 2 is 1.83 bits per heavy atom. The molecule has 2 aromatic carbocycles. The molecule has 0 aliphatic carbocycles. The van der Waals surface area contributed by atoms with Crippen LogP contribution in [0.5, 0.6) is 5.75 Å². The van der Waals surface area contributed by atoms with Crippen LogP contribution >= 0.6 is 0 Å². The van der Waals surface area contributed by atoms with Crippen molar-refractivity contribution >= 4 is 11.5 Å². The molecule has 35 heavy (non-hydrogen) atoms. The number of nitrogens with one attached hydrogen (secondary N) is 1. The zero-order valence-corrected chi connectivity index (χ0v) is 20.2. The molecule has 182 valence electrons. The number of benzene rings is 2. The summed E-state index contributed by atoms with van der Waals surface area (Å²) in [5.41, 5.74) is 2.79. The number of aryl methyl sites for hydroxylation is 1. The number of ether oxygens (including phenoxy) is 1. The van der Waals surface area contributed by atoms with Crippen LogP contribution in [0.4, 0.5) is 10.1 Å². The first-order valence-electron chi connectivity index (χ1n) is 11.8. The number of fused-ring (bicyclic) bond motifs is 1. The molecule has 0 amide bonds. The van der Waals surface area contributed by atoms with Crippen LogP contribution in [0.2, 0.25) is 0 Å². The minimum atomic E-state index is -0.457. The number of aromatic amines is 1. The van der Waals surface area contributed by atoms with E-state index in [9.17, 15) is 9.18 Å². The van der Waals surface area contributed by atoms with Crippen LogP contribution in [0, 0.1) is 12.7 Å². The maximum Gasteiger partial charge on any atom is 0.277 e. The summed E-state index contributed by atoms with van der Waals surface area (Å²) in [4.78, 5) is 27.2. The van der Waals surface area contributed by atoms with Crippen LogP contribution in [0.1, 0.15) is 35.6 Å². The fraction of sp³-hybridized carbons (Fsp3) is 0.346. The van der Waals surface area contributed by atoms with Gasteiger partial charge in [0.2, 0.25) is 0 Å². The van der Waals surface area contributed by atoms with Gasteiger partial charge < -0.3 is 9.64 Å². The van der Waals surface area contributed by atoms with Crippen molar-refractivity contribution in [3.63, 3.8) is 0 Å². The highest BCUT2D eigenvalue weighted by Crippen LogP contribution is 2.23. The molecule has 2 aromatic heterocycles. The Kier molecular flexibility index (Phi) is 6.25. The lowest BCUT2D eigenvalue weighted by Crippen LogP contribution is -2.47. The molecule has 9 heteroatoms. The minimum Gasteiger partial charge on any atom is -0.494 e. The van der Waals surface area contributed by atoms with Gasteiger partial charge in [-0.05, 0) is 43.7 Å². The number of rotatable bonds is 6. The van der Waals surface area contributed by atoms with Crippen LogP contribution in [0.15, 0.2) is 53.3 Å². The summed E-state index contributed by atoms with van der Waals surface area (Å²) in [5.74, 6) is 0.770. The molecule has 0 radical (unpaired) electrons. The Bertz CT molecular complexity index is 1390. The van der Waals surface area contributed by atoms with Crippen LogP contribution in [0.3, 0.4) is 0 Å². The third kappa shape index (κ3) is 4.51. The van der Waals surface area contributed by atoms with Gasteiger partial charge in [-0.15, -0.1) is 0 Å². The number of anilines is 1. The molecular formula is C26H29FN6O2. The van der Waals surface area contributed by atoms with E-state index in [-0.39, 0.29) is 23.8 Å². The third-order valence-corrected chi connectivity index (χ3v) is 6.79. The summed E-state index contributed by atoms with van der Waals surface area (Å²) in [6.45, 7) is 7.51. The average Bonchev–Trinajstić information content (AvgIpc) is 3.31. The van der Waals surface area contributed by atoms with Crippen LogP contribution < -0.4 is 15.2 Å². The lowest BCUT2D eigenvalue weighted by molar-refractivity contribution is 0.192. The number of hydrogen-bond donors (Lipinski definition) is 1. The van der Waals surface area contributed by atoms with E-state index < -0.39 is 5.82 Å². The maximum atomic E-state index is 14.1. The average molecular weight is 477 g/mol. The van der Waals surface area contributed by atoms with Crippen molar-refractivity contribution in [2.75, 3.05) is 38.2 Å².